The van der Waals surface area contributed by atoms with Crippen LogP contribution in [0.25, 0.3) is 22.3 Å². The number of fused-ring (bicyclic) bond motifs is 1. The molecule has 1 fully saturated rings. The third kappa shape index (κ3) is 4.63. The average Bonchev–Trinajstić information content (AvgIpc) is 2.88. The topological polar surface area (TPSA) is 71.3 Å². The molecule has 0 bridgehead atoms. The predicted molar refractivity (Wildman–Crippen MR) is 143 cm³/mol. The van der Waals surface area contributed by atoms with E-state index in [9.17, 15) is 4.79 Å². The van der Waals surface area contributed by atoms with Crippen molar-refractivity contribution in [2.75, 3.05) is 23.3 Å². The fraction of sp³-hybridized carbons (Fsp3) is 0.321. The van der Waals surface area contributed by atoms with E-state index in [4.69, 9.17) is 16.0 Å². The van der Waals surface area contributed by atoms with Gasteiger partial charge in [-0.15, -0.1) is 0 Å². The largest absolute Gasteiger partial charge is 0.455 e. The van der Waals surface area contributed by atoms with E-state index < -0.39 is 0 Å². The molecule has 0 radical (unpaired) electrons. The number of pyridine rings is 2. The molecule has 4 aromatic rings. The Bertz CT molecular complexity index is 1430. The van der Waals surface area contributed by atoms with Crippen molar-refractivity contribution in [2.24, 2.45) is 0 Å². The Morgan fingerprint density at radius 1 is 1.11 bits per heavy atom. The summed E-state index contributed by atoms with van der Waals surface area (Å²) < 4.78 is 6.44. The number of anilines is 2. The Hall–Kier alpha value is -3.38. The van der Waals surface area contributed by atoms with Gasteiger partial charge < -0.3 is 14.6 Å². The highest BCUT2D eigenvalue weighted by Gasteiger charge is 2.22. The Morgan fingerprint density at radius 3 is 2.66 bits per heavy atom. The first-order chi connectivity index (χ1) is 16.9. The number of nitrogens with zero attached hydrogens (tertiary/aromatic N) is 3. The van der Waals surface area contributed by atoms with Crippen LogP contribution in [0.2, 0.25) is 5.15 Å². The molecule has 0 aliphatic carbocycles. The van der Waals surface area contributed by atoms with Gasteiger partial charge in [0.05, 0.1) is 17.1 Å². The quantitative estimate of drug-likeness (QED) is 0.316. The highest BCUT2D eigenvalue weighted by atomic mass is 35.5. The summed E-state index contributed by atoms with van der Waals surface area (Å²) in [5.41, 5.74) is 4.77. The molecule has 180 valence electrons. The summed E-state index contributed by atoms with van der Waals surface area (Å²) in [5, 5.41) is 4.69. The molecule has 1 aliphatic heterocycles. The van der Waals surface area contributed by atoms with Crippen LogP contribution in [0.4, 0.5) is 11.5 Å². The second kappa shape index (κ2) is 9.70. The van der Waals surface area contributed by atoms with E-state index in [-0.39, 0.29) is 11.5 Å². The molecule has 1 aromatic carbocycles. The van der Waals surface area contributed by atoms with E-state index in [1.54, 1.807) is 12.4 Å². The minimum Gasteiger partial charge on any atom is -0.455 e. The van der Waals surface area contributed by atoms with Crippen molar-refractivity contribution < 1.29 is 4.42 Å². The maximum atomic E-state index is 13.4. The number of rotatable bonds is 5. The van der Waals surface area contributed by atoms with E-state index in [0.717, 1.165) is 54.1 Å². The average molecular weight is 489 g/mol. The third-order valence-corrected chi connectivity index (χ3v) is 6.86. The third-order valence-electron chi connectivity index (χ3n) is 6.65. The van der Waals surface area contributed by atoms with E-state index in [1.807, 2.05) is 44.2 Å². The van der Waals surface area contributed by atoms with Gasteiger partial charge in [0.1, 0.15) is 16.5 Å². The fourth-order valence-electron chi connectivity index (χ4n) is 4.86. The zero-order valence-electron chi connectivity index (χ0n) is 20.3. The van der Waals surface area contributed by atoms with Crippen LogP contribution < -0.4 is 15.6 Å². The van der Waals surface area contributed by atoms with Crippen LogP contribution in [0, 0.1) is 13.8 Å². The van der Waals surface area contributed by atoms with Crippen molar-refractivity contribution in [3.63, 3.8) is 0 Å². The second-order valence-corrected chi connectivity index (χ2v) is 9.66. The lowest BCUT2D eigenvalue weighted by molar-refractivity contribution is 0.573. The Balaban J connectivity index is 1.60. The summed E-state index contributed by atoms with van der Waals surface area (Å²) in [5.74, 6) is 1.42. The summed E-state index contributed by atoms with van der Waals surface area (Å²) in [6.45, 7) is 7.81. The zero-order valence-corrected chi connectivity index (χ0v) is 21.0. The predicted octanol–water partition coefficient (Wildman–Crippen LogP) is 6.68. The number of aryl methyl sites for hydroxylation is 1. The Labute approximate surface area is 210 Å². The molecule has 1 atom stereocenters. The molecule has 35 heavy (non-hydrogen) atoms. The zero-order chi connectivity index (χ0) is 24.5. The minimum atomic E-state index is -0.142. The lowest BCUT2D eigenvalue weighted by Gasteiger charge is -2.30. The second-order valence-electron chi connectivity index (χ2n) is 9.28. The number of hydrogen-bond acceptors (Lipinski definition) is 6. The van der Waals surface area contributed by atoms with Crippen LogP contribution in [-0.4, -0.2) is 23.1 Å². The molecule has 7 heteroatoms. The fourth-order valence-corrected chi connectivity index (χ4v) is 5.00. The van der Waals surface area contributed by atoms with E-state index >= 15 is 0 Å². The highest BCUT2D eigenvalue weighted by Crippen LogP contribution is 2.35. The smallest absolute Gasteiger partial charge is 0.196 e. The van der Waals surface area contributed by atoms with Gasteiger partial charge in [-0.3, -0.25) is 9.78 Å². The van der Waals surface area contributed by atoms with Gasteiger partial charge in [-0.25, -0.2) is 4.98 Å². The molecule has 0 saturated carbocycles. The summed E-state index contributed by atoms with van der Waals surface area (Å²) in [7, 11) is 0. The lowest BCUT2D eigenvalue weighted by atomic mass is 9.99. The standard InChI is InChI=1S/C28H29ClN4O2/c1-17-14-21(19(3)31-23-9-10-24(29)32-28(23)33-12-5-4-6-13-33)27-22(15-17)25(34)18(2)26(35-27)20-8-7-11-30-16-20/h7-11,14-16,19,31H,4-6,12-13H2,1-3H3/t19-/m1/s1. The van der Waals surface area contributed by atoms with Gasteiger partial charge in [0, 0.05) is 42.2 Å². The molecule has 5 rings (SSSR count). The van der Waals surface area contributed by atoms with Crippen LogP contribution in [0.3, 0.4) is 0 Å². The first-order valence-corrected chi connectivity index (χ1v) is 12.5. The molecule has 0 unspecified atom stereocenters. The van der Waals surface area contributed by atoms with Gasteiger partial charge in [0.15, 0.2) is 11.2 Å². The summed E-state index contributed by atoms with van der Waals surface area (Å²) >= 11 is 6.28. The number of piperidine rings is 1. The number of aromatic nitrogens is 2. The number of nitrogens with one attached hydrogen (secondary N) is 1. The van der Waals surface area contributed by atoms with Crippen molar-refractivity contribution in [1.82, 2.24) is 9.97 Å². The summed E-state index contributed by atoms with van der Waals surface area (Å²) in [4.78, 5) is 24.5. The first-order valence-electron chi connectivity index (χ1n) is 12.1. The molecule has 0 amide bonds. The van der Waals surface area contributed by atoms with Crippen molar-refractivity contribution in [3.8, 4) is 11.3 Å². The number of halogens is 1. The van der Waals surface area contributed by atoms with Gasteiger partial charge in [-0.05, 0) is 75.9 Å². The molecule has 4 heterocycles. The van der Waals surface area contributed by atoms with Crippen LogP contribution >= 0.6 is 11.6 Å². The molecular formula is C28H29ClN4O2. The molecule has 1 aliphatic rings. The van der Waals surface area contributed by atoms with Crippen LogP contribution in [0.5, 0.6) is 0 Å². The van der Waals surface area contributed by atoms with Crippen LogP contribution in [0.1, 0.15) is 48.9 Å². The SMILES string of the molecule is Cc1cc([C@@H](C)Nc2ccc(Cl)nc2N2CCCCC2)c2oc(-c3cccnc3)c(C)c(=O)c2c1. The van der Waals surface area contributed by atoms with Crippen molar-refractivity contribution in [2.45, 2.75) is 46.1 Å². The Kier molecular flexibility index (Phi) is 6.48. The van der Waals surface area contributed by atoms with Crippen molar-refractivity contribution in [1.29, 1.82) is 0 Å². The van der Waals surface area contributed by atoms with Crippen molar-refractivity contribution >= 4 is 34.1 Å². The van der Waals surface area contributed by atoms with E-state index in [1.165, 1.54) is 6.42 Å². The monoisotopic (exact) mass is 488 g/mol. The van der Waals surface area contributed by atoms with Crippen LogP contribution in [0.15, 0.2) is 58.0 Å². The lowest BCUT2D eigenvalue weighted by Crippen LogP contribution is -2.31. The van der Waals surface area contributed by atoms with Gasteiger partial charge in [0.25, 0.3) is 0 Å². The number of benzene rings is 1. The number of hydrogen-bond donors (Lipinski definition) is 1. The van der Waals surface area contributed by atoms with Gasteiger partial charge in [-0.1, -0.05) is 17.7 Å². The highest BCUT2D eigenvalue weighted by molar-refractivity contribution is 6.29. The molecule has 0 spiro atoms. The maximum Gasteiger partial charge on any atom is 0.196 e. The first kappa shape index (κ1) is 23.4. The molecular weight excluding hydrogens is 460 g/mol. The maximum absolute atomic E-state index is 13.4. The van der Waals surface area contributed by atoms with Gasteiger partial charge in [-0.2, -0.15) is 0 Å². The summed E-state index contributed by atoms with van der Waals surface area (Å²) in [6, 6.07) is 11.4. The molecule has 3 aromatic heterocycles. The Morgan fingerprint density at radius 2 is 1.91 bits per heavy atom. The minimum absolute atomic E-state index is 0.0237. The van der Waals surface area contributed by atoms with Gasteiger partial charge in [0.2, 0.25) is 0 Å². The molecule has 1 N–H and O–H groups in total. The normalized spacial score (nSPS) is 14.8. The molecule has 1 saturated heterocycles. The molecule has 6 nitrogen and oxygen atoms in total. The van der Waals surface area contributed by atoms with Gasteiger partial charge >= 0.3 is 0 Å². The summed E-state index contributed by atoms with van der Waals surface area (Å²) in [6.07, 6.45) is 6.96. The van der Waals surface area contributed by atoms with E-state index in [2.05, 4.69) is 33.2 Å². The van der Waals surface area contributed by atoms with Crippen molar-refractivity contribution in [3.05, 3.63) is 80.9 Å². The van der Waals surface area contributed by atoms with E-state index in [0.29, 0.717) is 27.4 Å². The van der Waals surface area contributed by atoms with Crippen LogP contribution in [-0.2, 0) is 0 Å².